The Kier molecular flexibility index (Phi) is 4.92. The number of aromatic nitrogens is 2. The maximum Gasteiger partial charge on any atom is 0.417 e. The molecule has 2 aromatic heterocycles. The molecule has 1 saturated heterocycles. The van der Waals surface area contributed by atoms with Crippen molar-refractivity contribution in [2.45, 2.75) is 19.1 Å². The van der Waals surface area contributed by atoms with Crippen LogP contribution in [0.1, 0.15) is 27.3 Å². The molecule has 0 N–H and O–H groups in total. The van der Waals surface area contributed by atoms with E-state index in [0.29, 0.717) is 44.0 Å². The molecule has 0 unspecified atom stereocenters. The third-order valence-corrected chi connectivity index (χ3v) is 4.99. The molecule has 0 atom stereocenters. The highest BCUT2D eigenvalue weighted by molar-refractivity contribution is 6.03. The van der Waals surface area contributed by atoms with Gasteiger partial charge in [-0.2, -0.15) is 13.2 Å². The van der Waals surface area contributed by atoms with E-state index in [1.165, 1.54) is 6.07 Å². The third-order valence-electron chi connectivity index (χ3n) is 4.99. The first kappa shape index (κ1) is 18.7. The zero-order valence-corrected chi connectivity index (χ0v) is 15.1. The van der Waals surface area contributed by atoms with Gasteiger partial charge in [0.25, 0.3) is 5.91 Å². The monoisotopic (exact) mass is 392 g/mol. The molecule has 2 aliphatic heterocycles. The van der Waals surface area contributed by atoms with Gasteiger partial charge in [0.1, 0.15) is 0 Å². The number of hydrogen-bond donors (Lipinski definition) is 0. The molecule has 0 bridgehead atoms. The van der Waals surface area contributed by atoms with E-state index in [1.807, 2.05) is 6.07 Å². The second-order valence-electron chi connectivity index (χ2n) is 6.76. The van der Waals surface area contributed by atoms with Crippen molar-refractivity contribution in [3.8, 4) is 0 Å². The van der Waals surface area contributed by atoms with Gasteiger partial charge in [-0.1, -0.05) is 0 Å². The number of nitrogens with zero attached hydrogens (tertiary/aromatic N) is 4. The summed E-state index contributed by atoms with van der Waals surface area (Å²) in [5.41, 5.74) is 1.95. The lowest BCUT2D eigenvalue weighted by atomic mass is 10.1. The summed E-state index contributed by atoms with van der Waals surface area (Å²) >= 11 is 0. The Bertz CT molecular complexity index is 864. The lowest BCUT2D eigenvalue weighted by Crippen LogP contribution is -2.37. The quantitative estimate of drug-likeness (QED) is 0.800. The number of halogens is 3. The molecular weight excluding hydrogens is 373 g/mol. The lowest BCUT2D eigenvalue weighted by molar-refractivity contribution is -0.137. The fraction of sp³-hybridized carbons (Fsp3) is 0.421. The zero-order chi connectivity index (χ0) is 19.7. The number of morpholine rings is 1. The highest BCUT2D eigenvalue weighted by Gasteiger charge is 2.33. The smallest absolute Gasteiger partial charge is 0.378 e. The normalized spacial score (nSPS) is 17.2. The van der Waals surface area contributed by atoms with Crippen LogP contribution >= 0.6 is 0 Å². The van der Waals surface area contributed by atoms with Crippen molar-refractivity contribution in [3.05, 3.63) is 53.1 Å². The fourth-order valence-corrected chi connectivity index (χ4v) is 3.50. The van der Waals surface area contributed by atoms with Crippen LogP contribution in [0.4, 0.5) is 18.9 Å². The molecule has 6 nitrogen and oxygen atoms in total. The van der Waals surface area contributed by atoms with Crippen LogP contribution in [0.5, 0.6) is 0 Å². The topological polar surface area (TPSA) is 58.6 Å². The van der Waals surface area contributed by atoms with Crippen LogP contribution in [0.3, 0.4) is 0 Å². The highest BCUT2D eigenvalue weighted by atomic mass is 19.4. The Hall–Kier alpha value is -2.68. The molecule has 148 valence electrons. The predicted octanol–water partition coefficient (Wildman–Crippen LogP) is 2.53. The number of carbonyl (C=O) groups is 1. The predicted molar refractivity (Wildman–Crippen MR) is 95.0 cm³/mol. The Morgan fingerprint density at radius 1 is 1.11 bits per heavy atom. The SMILES string of the molecule is O=C1c2c(N3CCOCC3)ccnc2CN1CCc1ccc(C(F)(F)F)cn1. The number of hydrogen-bond acceptors (Lipinski definition) is 5. The Labute approximate surface area is 159 Å². The maximum atomic E-state index is 12.9. The van der Waals surface area contributed by atoms with E-state index < -0.39 is 11.7 Å². The van der Waals surface area contributed by atoms with E-state index in [9.17, 15) is 18.0 Å². The number of fused-ring (bicyclic) bond motifs is 1. The van der Waals surface area contributed by atoms with Gasteiger partial charge in [0, 0.05) is 44.1 Å². The molecule has 28 heavy (non-hydrogen) atoms. The molecule has 0 aliphatic carbocycles. The Balaban J connectivity index is 1.45. The largest absolute Gasteiger partial charge is 0.417 e. The van der Waals surface area contributed by atoms with Gasteiger partial charge >= 0.3 is 6.18 Å². The average molecular weight is 392 g/mol. The highest BCUT2D eigenvalue weighted by Crippen LogP contribution is 2.31. The van der Waals surface area contributed by atoms with Crippen LogP contribution in [0, 0.1) is 0 Å². The molecule has 0 spiro atoms. The van der Waals surface area contributed by atoms with Crippen molar-refractivity contribution >= 4 is 11.6 Å². The number of rotatable bonds is 4. The van der Waals surface area contributed by atoms with Crippen molar-refractivity contribution in [2.75, 3.05) is 37.7 Å². The van der Waals surface area contributed by atoms with Gasteiger partial charge in [0.15, 0.2) is 0 Å². The molecule has 1 fully saturated rings. The van der Waals surface area contributed by atoms with E-state index in [1.54, 1.807) is 11.1 Å². The van der Waals surface area contributed by atoms with E-state index >= 15 is 0 Å². The summed E-state index contributed by atoms with van der Waals surface area (Å²) < 4.78 is 43.3. The lowest BCUT2D eigenvalue weighted by Gasteiger charge is -2.30. The summed E-state index contributed by atoms with van der Waals surface area (Å²) in [5, 5.41) is 0. The van der Waals surface area contributed by atoms with Crippen LogP contribution in [0.15, 0.2) is 30.6 Å². The van der Waals surface area contributed by atoms with Crippen molar-refractivity contribution in [1.29, 1.82) is 0 Å². The summed E-state index contributed by atoms with van der Waals surface area (Å²) in [5.74, 6) is -0.100. The molecule has 0 saturated carbocycles. The first-order valence-corrected chi connectivity index (χ1v) is 9.05. The Morgan fingerprint density at radius 3 is 2.57 bits per heavy atom. The first-order chi connectivity index (χ1) is 13.4. The summed E-state index contributed by atoms with van der Waals surface area (Å²) in [4.78, 5) is 24.9. The Morgan fingerprint density at radius 2 is 1.89 bits per heavy atom. The van der Waals surface area contributed by atoms with E-state index in [2.05, 4.69) is 14.9 Å². The van der Waals surface area contributed by atoms with Crippen molar-refractivity contribution in [3.63, 3.8) is 0 Å². The van der Waals surface area contributed by atoms with Crippen LogP contribution in [-0.2, 0) is 23.9 Å². The van der Waals surface area contributed by atoms with E-state index in [0.717, 1.165) is 36.7 Å². The van der Waals surface area contributed by atoms with Gasteiger partial charge in [0.05, 0.1) is 42.3 Å². The molecule has 4 rings (SSSR count). The van der Waals surface area contributed by atoms with Crippen molar-refractivity contribution in [2.24, 2.45) is 0 Å². The van der Waals surface area contributed by atoms with Gasteiger partial charge in [-0.15, -0.1) is 0 Å². The molecule has 4 heterocycles. The average Bonchev–Trinajstić information content (AvgIpc) is 3.03. The summed E-state index contributed by atoms with van der Waals surface area (Å²) in [7, 11) is 0. The number of pyridine rings is 2. The molecule has 0 radical (unpaired) electrons. The van der Waals surface area contributed by atoms with Crippen LogP contribution in [-0.4, -0.2) is 53.6 Å². The van der Waals surface area contributed by atoms with Gasteiger partial charge in [-0.05, 0) is 18.2 Å². The van der Waals surface area contributed by atoms with Gasteiger partial charge < -0.3 is 14.5 Å². The van der Waals surface area contributed by atoms with Crippen LogP contribution < -0.4 is 4.90 Å². The maximum absolute atomic E-state index is 12.9. The number of anilines is 1. The van der Waals surface area contributed by atoms with Crippen molar-refractivity contribution in [1.82, 2.24) is 14.9 Å². The number of ether oxygens (including phenoxy) is 1. The van der Waals surface area contributed by atoms with Crippen molar-refractivity contribution < 1.29 is 22.7 Å². The number of alkyl halides is 3. The molecular formula is C19H19F3N4O2. The minimum absolute atomic E-state index is 0.100. The van der Waals surface area contributed by atoms with Crippen LogP contribution in [0.2, 0.25) is 0 Å². The van der Waals surface area contributed by atoms with E-state index in [4.69, 9.17) is 4.74 Å². The molecule has 0 aromatic carbocycles. The zero-order valence-electron chi connectivity index (χ0n) is 15.1. The fourth-order valence-electron chi connectivity index (χ4n) is 3.50. The second-order valence-corrected chi connectivity index (χ2v) is 6.76. The molecule has 2 aromatic rings. The first-order valence-electron chi connectivity index (χ1n) is 9.05. The van der Waals surface area contributed by atoms with Crippen LogP contribution in [0.25, 0.3) is 0 Å². The van der Waals surface area contributed by atoms with E-state index in [-0.39, 0.29) is 5.91 Å². The summed E-state index contributed by atoms with van der Waals surface area (Å²) in [6, 6.07) is 4.22. The van der Waals surface area contributed by atoms with Gasteiger partial charge in [-0.25, -0.2) is 0 Å². The number of amides is 1. The minimum atomic E-state index is -4.40. The third kappa shape index (κ3) is 3.66. The summed E-state index contributed by atoms with van der Waals surface area (Å²) in [6.07, 6.45) is -1.49. The summed E-state index contributed by atoms with van der Waals surface area (Å²) in [6.45, 7) is 3.45. The molecule has 9 heteroatoms. The minimum Gasteiger partial charge on any atom is -0.378 e. The second kappa shape index (κ2) is 7.38. The van der Waals surface area contributed by atoms with Gasteiger partial charge in [-0.3, -0.25) is 14.8 Å². The van der Waals surface area contributed by atoms with Gasteiger partial charge in [0.2, 0.25) is 0 Å². The molecule has 1 amide bonds. The molecule has 2 aliphatic rings. The number of carbonyl (C=O) groups excluding carboxylic acids is 1. The standard InChI is InChI=1S/C19H19F3N4O2/c20-19(21,22)13-1-2-14(24-11-13)4-6-26-12-15-17(18(26)27)16(3-5-23-15)25-7-9-28-10-8-25/h1-3,5,11H,4,6-10,12H2.